The van der Waals surface area contributed by atoms with Crippen molar-refractivity contribution in [3.8, 4) is 0 Å². The van der Waals surface area contributed by atoms with E-state index in [1.54, 1.807) is 6.92 Å². The van der Waals surface area contributed by atoms with Gasteiger partial charge in [-0.05, 0) is 19.8 Å². The Hall–Kier alpha value is -1.43. The molecule has 0 fully saturated rings. The van der Waals surface area contributed by atoms with Crippen molar-refractivity contribution in [2.45, 2.75) is 33.7 Å². The zero-order chi connectivity index (χ0) is 13.2. The van der Waals surface area contributed by atoms with Gasteiger partial charge in [-0.2, -0.15) is 0 Å². The number of carbonyl (C=O) groups is 1. The molecule has 0 aliphatic rings. The predicted octanol–water partition coefficient (Wildman–Crippen LogP) is 2.74. The second-order valence-electron chi connectivity index (χ2n) is 4.32. The van der Waals surface area contributed by atoms with Gasteiger partial charge in [0.2, 0.25) is 0 Å². The molecule has 94 valence electrons. The molecule has 0 saturated heterocycles. The molecule has 1 atom stereocenters. The van der Waals surface area contributed by atoms with Crippen LogP contribution in [0.25, 0.3) is 0 Å². The summed E-state index contributed by atoms with van der Waals surface area (Å²) < 4.78 is 0. The fourth-order valence-corrected chi connectivity index (χ4v) is 2.10. The van der Waals surface area contributed by atoms with Gasteiger partial charge in [0.15, 0.2) is 0 Å². The molecule has 0 radical (unpaired) electrons. The first kappa shape index (κ1) is 13.6. The molecule has 0 aliphatic carbocycles. The van der Waals surface area contributed by atoms with Crippen LogP contribution in [-0.2, 0) is 0 Å². The number of amides is 1. The smallest absolute Gasteiger partial charge is 0.283 e. The third-order valence-electron chi connectivity index (χ3n) is 2.67. The standard InChI is InChI=1S/C11H16N2O3S/c1-6(2)7(3)12-11(14)10-5-9(13(15)16)8(4)17-10/h5-7H,1-4H3,(H,12,14)/t7-/m0/s1. The van der Waals surface area contributed by atoms with Gasteiger partial charge in [-0.25, -0.2) is 0 Å². The van der Waals surface area contributed by atoms with Gasteiger partial charge in [0.25, 0.3) is 11.6 Å². The Morgan fingerprint density at radius 2 is 2.06 bits per heavy atom. The Morgan fingerprint density at radius 1 is 1.47 bits per heavy atom. The molecule has 0 aromatic carbocycles. The number of nitrogens with one attached hydrogen (secondary N) is 1. The number of rotatable bonds is 4. The Bertz CT molecular complexity index is 440. The topological polar surface area (TPSA) is 72.2 Å². The highest BCUT2D eigenvalue weighted by Crippen LogP contribution is 2.28. The molecule has 1 heterocycles. The summed E-state index contributed by atoms with van der Waals surface area (Å²) in [6.07, 6.45) is 0. The van der Waals surface area contributed by atoms with Gasteiger partial charge in [0, 0.05) is 12.1 Å². The van der Waals surface area contributed by atoms with Gasteiger partial charge in [-0.15, -0.1) is 11.3 Å². The minimum atomic E-state index is -0.464. The number of thiophene rings is 1. The largest absolute Gasteiger partial charge is 0.349 e. The third kappa shape index (κ3) is 3.26. The highest BCUT2D eigenvalue weighted by molar-refractivity contribution is 7.14. The minimum Gasteiger partial charge on any atom is -0.349 e. The first-order chi connectivity index (χ1) is 7.82. The molecule has 1 amide bonds. The second-order valence-corrected chi connectivity index (χ2v) is 5.57. The number of aryl methyl sites for hydroxylation is 1. The summed E-state index contributed by atoms with van der Waals surface area (Å²) in [5, 5.41) is 13.5. The van der Waals surface area contributed by atoms with E-state index in [1.165, 1.54) is 6.07 Å². The molecule has 6 heteroatoms. The first-order valence-electron chi connectivity index (χ1n) is 5.38. The lowest BCUT2D eigenvalue weighted by molar-refractivity contribution is -0.385. The summed E-state index contributed by atoms with van der Waals surface area (Å²) in [4.78, 5) is 23.0. The summed E-state index contributed by atoms with van der Waals surface area (Å²) in [5.74, 6) is 0.0856. The molecule has 0 bridgehead atoms. The Kier molecular flexibility index (Phi) is 4.22. The maximum Gasteiger partial charge on any atom is 0.283 e. The Balaban J connectivity index is 2.83. The minimum absolute atomic E-state index is 0.0114. The van der Waals surface area contributed by atoms with Gasteiger partial charge in [-0.3, -0.25) is 14.9 Å². The summed E-state index contributed by atoms with van der Waals surface area (Å²) in [6, 6.07) is 1.38. The van der Waals surface area contributed by atoms with Crippen LogP contribution in [0, 0.1) is 23.0 Å². The van der Waals surface area contributed by atoms with Crippen LogP contribution in [0.2, 0.25) is 0 Å². The van der Waals surface area contributed by atoms with Crippen molar-refractivity contribution in [2.24, 2.45) is 5.92 Å². The van der Waals surface area contributed by atoms with E-state index in [-0.39, 0.29) is 17.6 Å². The van der Waals surface area contributed by atoms with Crippen LogP contribution in [0.4, 0.5) is 5.69 Å². The van der Waals surface area contributed by atoms with Crippen LogP contribution in [0.1, 0.15) is 35.3 Å². The molecule has 0 unspecified atom stereocenters. The molecule has 0 spiro atoms. The molecular formula is C11H16N2O3S. The van der Waals surface area contributed by atoms with E-state index < -0.39 is 4.92 Å². The average Bonchev–Trinajstić information content (AvgIpc) is 2.60. The average molecular weight is 256 g/mol. The van der Waals surface area contributed by atoms with Crippen molar-refractivity contribution < 1.29 is 9.72 Å². The predicted molar refractivity (Wildman–Crippen MR) is 67.5 cm³/mol. The Labute approximate surface area is 104 Å². The van der Waals surface area contributed by atoms with Crippen LogP contribution in [-0.4, -0.2) is 16.9 Å². The fourth-order valence-electron chi connectivity index (χ4n) is 1.21. The number of carbonyl (C=O) groups excluding carboxylic acids is 1. The van der Waals surface area contributed by atoms with E-state index in [9.17, 15) is 14.9 Å². The van der Waals surface area contributed by atoms with Gasteiger partial charge < -0.3 is 5.32 Å². The normalized spacial score (nSPS) is 12.5. The van der Waals surface area contributed by atoms with Crippen LogP contribution >= 0.6 is 11.3 Å². The lowest BCUT2D eigenvalue weighted by Gasteiger charge is -2.16. The van der Waals surface area contributed by atoms with Gasteiger partial charge in [0.1, 0.15) is 0 Å². The molecule has 5 nitrogen and oxygen atoms in total. The summed E-state index contributed by atoms with van der Waals surface area (Å²) in [7, 11) is 0. The molecule has 0 aliphatic heterocycles. The second kappa shape index (κ2) is 5.27. The van der Waals surface area contributed by atoms with Gasteiger partial charge >= 0.3 is 0 Å². The van der Waals surface area contributed by atoms with Crippen LogP contribution < -0.4 is 5.32 Å². The number of nitrogens with zero attached hydrogens (tertiary/aromatic N) is 1. The van der Waals surface area contributed by atoms with Crippen LogP contribution in [0.5, 0.6) is 0 Å². The quantitative estimate of drug-likeness (QED) is 0.665. The zero-order valence-corrected chi connectivity index (χ0v) is 11.1. The lowest BCUT2D eigenvalue weighted by atomic mass is 10.1. The number of hydrogen-bond acceptors (Lipinski definition) is 4. The van der Waals surface area contributed by atoms with Crippen LogP contribution in [0.15, 0.2) is 6.07 Å². The molecular weight excluding hydrogens is 240 g/mol. The van der Waals surface area contributed by atoms with Crippen LogP contribution in [0.3, 0.4) is 0 Å². The molecule has 0 saturated carbocycles. The molecule has 1 aromatic heterocycles. The molecule has 1 rings (SSSR count). The fraction of sp³-hybridized carbons (Fsp3) is 0.545. The van der Waals surface area contributed by atoms with Crippen molar-refractivity contribution in [3.05, 3.63) is 25.9 Å². The summed E-state index contributed by atoms with van der Waals surface area (Å²) >= 11 is 1.15. The summed E-state index contributed by atoms with van der Waals surface area (Å²) in [6.45, 7) is 7.57. The highest BCUT2D eigenvalue weighted by atomic mass is 32.1. The van der Waals surface area contributed by atoms with Crippen molar-refractivity contribution in [3.63, 3.8) is 0 Å². The highest BCUT2D eigenvalue weighted by Gasteiger charge is 2.20. The Morgan fingerprint density at radius 3 is 2.47 bits per heavy atom. The molecule has 17 heavy (non-hydrogen) atoms. The number of nitro groups is 1. The lowest BCUT2D eigenvalue weighted by Crippen LogP contribution is -2.35. The van der Waals surface area contributed by atoms with Crippen molar-refractivity contribution >= 4 is 22.9 Å². The zero-order valence-electron chi connectivity index (χ0n) is 10.3. The third-order valence-corrected chi connectivity index (χ3v) is 3.71. The van der Waals surface area contributed by atoms with E-state index >= 15 is 0 Å². The van der Waals surface area contributed by atoms with Gasteiger partial charge in [0.05, 0.1) is 14.7 Å². The molecule has 1 aromatic rings. The van der Waals surface area contributed by atoms with E-state index in [1.807, 2.05) is 20.8 Å². The van der Waals surface area contributed by atoms with E-state index in [0.717, 1.165) is 11.3 Å². The maximum atomic E-state index is 11.8. The van der Waals surface area contributed by atoms with E-state index in [2.05, 4.69) is 5.32 Å². The van der Waals surface area contributed by atoms with Crippen molar-refractivity contribution in [2.75, 3.05) is 0 Å². The maximum absolute atomic E-state index is 11.8. The SMILES string of the molecule is Cc1sc(C(=O)N[C@@H](C)C(C)C)cc1[N+](=O)[O-]. The van der Waals surface area contributed by atoms with Crippen molar-refractivity contribution in [1.82, 2.24) is 5.32 Å². The molecule has 1 N–H and O–H groups in total. The van der Waals surface area contributed by atoms with E-state index in [4.69, 9.17) is 0 Å². The monoisotopic (exact) mass is 256 g/mol. The van der Waals surface area contributed by atoms with Crippen molar-refractivity contribution in [1.29, 1.82) is 0 Å². The van der Waals surface area contributed by atoms with E-state index in [0.29, 0.717) is 15.7 Å². The number of hydrogen-bond donors (Lipinski definition) is 1. The van der Waals surface area contributed by atoms with Gasteiger partial charge in [-0.1, -0.05) is 13.8 Å². The summed E-state index contributed by atoms with van der Waals surface area (Å²) in [5.41, 5.74) is 0.0114. The first-order valence-corrected chi connectivity index (χ1v) is 6.20.